The average Bonchev–Trinajstić information content (AvgIpc) is 3.23. The minimum Gasteiger partial charge on any atom is -0.465 e. The van der Waals surface area contributed by atoms with Gasteiger partial charge >= 0.3 is 5.97 Å². The molecule has 3 N–H and O–H groups in total. The van der Waals surface area contributed by atoms with E-state index in [2.05, 4.69) is 35.0 Å². The third kappa shape index (κ3) is 5.47. The summed E-state index contributed by atoms with van der Waals surface area (Å²) < 4.78 is 31.9. The summed E-state index contributed by atoms with van der Waals surface area (Å²) in [5.41, 5.74) is 0. The van der Waals surface area contributed by atoms with Crippen LogP contribution in [-0.4, -0.2) is 49.5 Å². The van der Waals surface area contributed by atoms with E-state index in [1.807, 2.05) is 12.1 Å². The van der Waals surface area contributed by atoms with Gasteiger partial charge in [-0.25, -0.2) is 32.9 Å². The molecule has 3 rings (SSSR count). The summed E-state index contributed by atoms with van der Waals surface area (Å²) >= 11 is 1.01. The van der Waals surface area contributed by atoms with Crippen molar-refractivity contribution in [3.05, 3.63) is 53.1 Å². The molecule has 152 valence electrons. The van der Waals surface area contributed by atoms with Gasteiger partial charge in [-0.2, -0.15) is 0 Å². The van der Waals surface area contributed by atoms with Gasteiger partial charge in [-0.3, -0.25) is 0 Å². The van der Waals surface area contributed by atoms with E-state index in [0.29, 0.717) is 17.5 Å². The van der Waals surface area contributed by atoms with Crippen molar-refractivity contribution in [1.82, 2.24) is 19.7 Å². The van der Waals surface area contributed by atoms with Crippen molar-refractivity contribution in [1.29, 1.82) is 0 Å². The van der Waals surface area contributed by atoms with Crippen molar-refractivity contribution in [2.75, 3.05) is 30.8 Å². The van der Waals surface area contributed by atoms with Crippen LogP contribution in [-0.2, 0) is 14.8 Å². The first-order chi connectivity index (χ1) is 14.0. The fraction of sp³-hybridized carbons (Fsp3) is 0.176. The lowest BCUT2D eigenvalue weighted by atomic mass is 10.4. The topological polar surface area (TPSA) is 135 Å². The van der Waals surface area contributed by atoms with Gasteiger partial charge in [0, 0.05) is 25.4 Å². The Balaban J connectivity index is 1.55. The lowest BCUT2D eigenvalue weighted by Gasteiger charge is -2.09. The average molecular weight is 435 g/mol. The summed E-state index contributed by atoms with van der Waals surface area (Å²) in [7, 11) is -2.64. The first kappa shape index (κ1) is 20.6. The van der Waals surface area contributed by atoms with Gasteiger partial charge < -0.3 is 15.4 Å². The number of carbonyl (C=O) groups is 1. The summed E-state index contributed by atoms with van der Waals surface area (Å²) in [4.78, 5) is 24.0. The van der Waals surface area contributed by atoms with Crippen LogP contribution in [0.25, 0.3) is 0 Å². The van der Waals surface area contributed by atoms with Crippen molar-refractivity contribution < 1.29 is 17.9 Å². The molecule has 0 saturated carbocycles. The molecule has 3 aromatic rings. The molecule has 0 bridgehead atoms. The number of anilines is 3. The third-order valence-corrected chi connectivity index (χ3v) is 6.13. The Morgan fingerprint density at radius 3 is 2.69 bits per heavy atom. The first-order valence-corrected chi connectivity index (χ1v) is 10.8. The standard InChI is InChI=1S/C17H18N6O4S2/c1-27-17(24)16-12(5-9-28-16)29(25,26)22-8-7-19-14-10-15(21-11-20-14)23-13-4-2-3-6-18-13/h2-6,9-11,22H,7-8H2,1H3,(H2,18,19,20,21,23). The van der Waals surface area contributed by atoms with Crippen LogP contribution in [0, 0.1) is 0 Å². The fourth-order valence-corrected chi connectivity index (χ4v) is 4.66. The zero-order chi connectivity index (χ0) is 20.7. The zero-order valence-electron chi connectivity index (χ0n) is 15.3. The SMILES string of the molecule is COC(=O)c1sccc1S(=O)(=O)NCCNc1cc(Nc2ccccn2)ncn1. The summed E-state index contributed by atoms with van der Waals surface area (Å²) in [5.74, 6) is 1.01. The molecule has 0 unspecified atom stereocenters. The van der Waals surface area contributed by atoms with Crippen LogP contribution in [0.3, 0.4) is 0 Å². The second-order valence-electron chi connectivity index (χ2n) is 5.56. The number of hydrogen-bond acceptors (Lipinski definition) is 10. The molecule has 12 heteroatoms. The lowest BCUT2D eigenvalue weighted by Crippen LogP contribution is -2.29. The van der Waals surface area contributed by atoms with E-state index in [9.17, 15) is 13.2 Å². The molecule has 0 fully saturated rings. The van der Waals surface area contributed by atoms with Crippen molar-refractivity contribution in [2.24, 2.45) is 0 Å². The van der Waals surface area contributed by atoms with E-state index >= 15 is 0 Å². The van der Waals surface area contributed by atoms with Crippen molar-refractivity contribution in [2.45, 2.75) is 4.90 Å². The molecule has 0 saturated heterocycles. The molecule has 0 aliphatic carbocycles. The number of nitrogens with one attached hydrogen (secondary N) is 3. The van der Waals surface area contributed by atoms with E-state index in [1.165, 1.54) is 24.9 Å². The van der Waals surface area contributed by atoms with E-state index in [0.717, 1.165) is 11.3 Å². The van der Waals surface area contributed by atoms with Crippen molar-refractivity contribution in [3.63, 3.8) is 0 Å². The Bertz CT molecular complexity index is 1070. The monoisotopic (exact) mass is 434 g/mol. The lowest BCUT2D eigenvalue weighted by molar-refractivity contribution is 0.0602. The number of pyridine rings is 1. The molecular formula is C17H18N6O4S2. The number of ether oxygens (including phenoxy) is 1. The summed E-state index contributed by atoms with van der Waals surface area (Å²) in [6, 6.07) is 8.51. The molecular weight excluding hydrogens is 416 g/mol. The Hall–Kier alpha value is -3.09. The molecule has 10 nitrogen and oxygen atoms in total. The van der Waals surface area contributed by atoms with Crippen LogP contribution in [0.4, 0.5) is 17.5 Å². The number of methoxy groups -OCH3 is 1. The molecule has 29 heavy (non-hydrogen) atoms. The molecule has 0 atom stereocenters. The predicted octanol–water partition coefficient (Wildman–Crippen LogP) is 1.85. The summed E-state index contributed by atoms with van der Waals surface area (Å²) in [6.45, 7) is 0.364. The highest BCUT2D eigenvalue weighted by atomic mass is 32.2. The van der Waals surface area contributed by atoms with Crippen LogP contribution in [0.5, 0.6) is 0 Å². The minimum absolute atomic E-state index is 0.0361. The quantitative estimate of drug-likeness (QED) is 0.340. The maximum absolute atomic E-state index is 12.4. The highest BCUT2D eigenvalue weighted by Gasteiger charge is 2.24. The maximum atomic E-state index is 12.4. The Kier molecular flexibility index (Phi) is 6.69. The predicted molar refractivity (Wildman–Crippen MR) is 109 cm³/mol. The summed E-state index contributed by atoms with van der Waals surface area (Å²) in [6.07, 6.45) is 3.04. The maximum Gasteiger partial charge on any atom is 0.349 e. The normalized spacial score (nSPS) is 11.1. The Morgan fingerprint density at radius 2 is 1.93 bits per heavy atom. The first-order valence-electron chi connectivity index (χ1n) is 8.39. The van der Waals surface area contributed by atoms with E-state index in [4.69, 9.17) is 0 Å². The van der Waals surface area contributed by atoms with Gasteiger partial charge in [-0.1, -0.05) is 6.07 Å². The molecule has 0 amide bonds. The zero-order valence-corrected chi connectivity index (χ0v) is 17.0. The van der Waals surface area contributed by atoms with Crippen LogP contribution in [0.1, 0.15) is 9.67 Å². The number of hydrogen-bond donors (Lipinski definition) is 3. The number of thiophene rings is 1. The van der Waals surface area contributed by atoms with Gasteiger partial charge in [0.15, 0.2) is 0 Å². The minimum atomic E-state index is -3.84. The van der Waals surface area contributed by atoms with Crippen molar-refractivity contribution >= 4 is 44.8 Å². The highest BCUT2D eigenvalue weighted by molar-refractivity contribution is 7.89. The van der Waals surface area contributed by atoms with Crippen LogP contribution >= 0.6 is 11.3 Å². The van der Waals surface area contributed by atoms with Gasteiger partial charge in [-0.15, -0.1) is 11.3 Å². The van der Waals surface area contributed by atoms with Gasteiger partial charge in [0.25, 0.3) is 0 Å². The van der Waals surface area contributed by atoms with Gasteiger partial charge in [0.05, 0.1) is 7.11 Å². The molecule has 3 heterocycles. The van der Waals surface area contributed by atoms with E-state index in [1.54, 1.807) is 18.3 Å². The van der Waals surface area contributed by atoms with Gasteiger partial charge in [-0.05, 0) is 23.6 Å². The second kappa shape index (κ2) is 9.41. The highest BCUT2D eigenvalue weighted by Crippen LogP contribution is 2.22. The van der Waals surface area contributed by atoms with E-state index in [-0.39, 0.29) is 22.9 Å². The Morgan fingerprint density at radius 1 is 1.10 bits per heavy atom. The number of aromatic nitrogens is 3. The molecule has 0 radical (unpaired) electrons. The fourth-order valence-electron chi connectivity index (χ4n) is 2.29. The van der Waals surface area contributed by atoms with Crippen LogP contribution in [0.15, 0.2) is 53.1 Å². The van der Waals surface area contributed by atoms with Crippen LogP contribution < -0.4 is 15.4 Å². The molecule has 0 aliphatic rings. The van der Waals surface area contributed by atoms with Crippen LogP contribution in [0.2, 0.25) is 0 Å². The number of nitrogens with zero attached hydrogens (tertiary/aromatic N) is 3. The Labute approximate surface area is 171 Å². The van der Waals surface area contributed by atoms with Gasteiger partial charge in [0.1, 0.15) is 33.6 Å². The molecule has 3 aromatic heterocycles. The summed E-state index contributed by atoms with van der Waals surface area (Å²) in [5, 5.41) is 7.58. The number of carbonyl (C=O) groups excluding carboxylic acids is 1. The number of esters is 1. The molecule has 0 spiro atoms. The van der Waals surface area contributed by atoms with Gasteiger partial charge in [0.2, 0.25) is 10.0 Å². The molecule has 0 aromatic carbocycles. The second-order valence-corrected chi connectivity index (χ2v) is 8.21. The molecule has 0 aliphatic heterocycles. The smallest absolute Gasteiger partial charge is 0.349 e. The van der Waals surface area contributed by atoms with E-state index < -0.39 is 16.0 Å². The third-order valence-electron chi connectivity index (χ3n) is 3.60. The number of rotatable bonds is 9. The number of sulfonamides is 1. The van der Waals surface area contributed by atoms with Crippen molar-refractivity contribution in [3.8, 4) is 0 Å². The largest absolute Gasteiger partial charge is 0.465 e.